The van der Waals surface area contributed by atoms with Crippen LogP contribution in [0.25, 0.3) is 0 Å². The number of halogens is 3. The van der Waals surface area contributed by atoms with Gasteiger partial charge in [-0.2, -0.15) is 0 Å². The zero-order valence-corrected chi connectivity index (χ0v) is 13.2. The molecule has 0 heterocycles. The Morgan fingerprint density at radius 3 is 2.53 bits per heavy atom. The third-order valence-corrected chi connectivity index (χ3v) is 3.72. The summed E-state index contributed by atoms with van der Waals surface area (Å²) in [4.78, 5) is 0. The molecule has 0 aliphatic carbocycles. The quantitative estimate of drug-likeness (QED) is 0.781. The van der Waals surface area contributed by atoms with Crippen LogP contribution >= 0.6 is 31.9 Å². The molecule has 1 atom stereocenters. The fourth-order valence-corrected chi connectivity index (χ4v) is 2.62. The van der Waals surface area contributed by atoms with E-state index in [-0.39, 0.29) is 5.75 Å². The van der Waals surface area contributed by atoms with Gasteiger partial charge < -0.3 is 9.84 Å². The van der Waals surface area contributed by atoms with Crippen molar-refractivity contribution in [2.45, 2.75) is 13.0 Å². The molecule has 0 radical (unpaired) electrons. The molecular formula is C14H11Br2FO2. The van der Waals surface area contributed by atoms with Crippen LogP contribution in [0.1, 0.15) is 18.6 Å². The van der Waals surface area contributed by atoms with Crippen LogP contribution in [0.5, 0.6) is 11.5 Å². The van der Waals surface area contributed by atoms with Crippen molar-refractivity contribution >= 4 is 31.9 Å². The average Bonchev–Trinajstić information content (AvgIpc) is 2.33. The van der Waals surface area contributed by atoms with E-state index in [9.17, 15) is 9.50 Å². The molecule has 0 amide bonds. The molecule has 0 saturated heterocycles. The lowest BCUT2D eigenvalue weighted by Gasteiger charge is -2.11. The third-order valence-electron chi connectivity index (χ3n) is 2.54. The summed E-state index contributed by atoms with van der Waals surface area (Å²) in [6.45, 7) is 1.68. The van der Waals surface area contributed by atoms with E-state index >= 15 is 0 Å². The van der Waals surface area contributed by atoms with Gasteiger partial charge in [0.2, 0.25) is 0 Å². The standard InChI is InChI=1S/C14H11Br2FO2/c1-8(18)11-4-3-10(7-12(11)16)19-14-6-9(15)2-5-13(14)17/h2-8,18H,1H3/t8-/m0/s1. The van der Waals surface area contributed by atoms with E-state index in [1.807, 2.05) is 0 Å². The predicted octanol–water partition coefficient (Wildman–Crippen LogP) is 5.20. The van der Waals surface area contributed by atoms with E-state index in [1.165, 1.54) is 6.07 Å². The van der Waals surface area contributed by atoms with Crippen molar-refractivity contribution in [3.63, 3.8) is 0 Å². The lowest BCUT2D eigenvalue weighted by atomic mass is 10.1. The van der Waals surface area contributed by atoms with Gasteiger partial charge in [-0.3, -0.25) is 0 Å². The number of benzene rings is 2. The van der Waals surface area contributed by atoms with Gasteiger partial charge in [0.15, 0.2) is 11.6 Å². The number of aliphatic hydroxyl groups excluding tert-OH is 1. The van der Waals surface area contributed by atoms with Crippen LogP contribution in [-0.2, 0) is 0 Å². The van der Waals surface area contributed by atoms with Crippen LogP contribution in [-0.4, -0.2) is 5.11 Å². The zero-order chi connectivity index (χ0) is 14.0. The van der Waals surface area contributed by atoms with Gasteiger partial charge in [-0.1, -0.05) is 37.9 Å². The first kappa shape index (κ1) is 14.5. The predicted molar refractivity (Wildman–Crippen MR) is 78.9 cm³/mol. The van der Waals surface area contributed by atoms with Gasteiger partial charge in [0, 0.05) is 8.95 Å². The lowest BCUT2D eigenvalue weighted by Crippen LogP contribution is -1.94. The van der Waals surface area contributed by atoms with Crippen LogP contribution < -0.4 is 4.74 Å². The molecule has 0 spiro atoms. The maximum Gasteiger partial charge on any atom is 0.165 e. The first-order valence-electron chi connectivity index (χ1n) is 5.58. The molecule has 0 aromatic heterocycles. The lowest BCUT2D eigenvalue weighted by molar-refractivity contribution is 0.198. The molecular weight excluding hydrogens is 379 g/mol. The second-order valence-electron chi connectivity index (χ2n) is 4.04. The summed E-state index contributed by atoms with van der Waals surface area (Å²) in [6, 6.07) is 9.62. The monoisotopic (exact) mass is 388 g/mol. The summed E-state index contributed by atoms with van der Waals surface area (Å²) in [6.07, 6.45) is -0.578. The Kier molecular flexibility index (Phi) is 4.60. The summed E-state index contributed by atoms with van der Waals surface area (Å²) in [5, 5.41) is 9.53. The number of ether oxygens (including phenoxy) is 1. The first-order valence-corrected chi connectivity index (χ1v) is 7.16. The summed E-state index contributed by atoms with van der Waals surface area (Å²) in [5.74, 6) is 0.207. The van der Waals surface area contributed by atoms with Crippen molar-refractivity contribution in [1.29, 1.82) is 0 Å². The van der Waals surface area contributed by atoms with Crippen molar-refractivity contribution < 1.29 is 14.2 Å². The summed E-state index contributed by atoms with van der Waals surface area (Å²) in [7, 11) is 0. The van der Waals surface area contributed by atoms with Crippen LogP contribution in [0.3, 0.4) is 0 Å². The van der Waals surface area contributed by atoms with E-state index in [0.29, 0.717) is 5.75 Å². The van der Waals surface area contributed by atoms with E-state index in [4.69, 9.17) is 4.74 Å². The second-order valence-corrected chi connectivity index (χ2v) is 5.81. The number of hydrogen-bond acceptors (Lipinski definition) is 2. The Morgan fingerprint density at radius 2 is 1.89 bits per heavy atom. The summed E-state index contributed by atoms with van der Waals surface area (Å²) in [5.41, 5.74) is 0.752. The highest BCUT2D eigenvalue weighted by Crippen LogP contribution is 2.32. The molecule has 19 heavy (non-hydrogen) atoms. The Balaban J connectivity index is 2.29. The summed E-state index contributed by atoms with van der Waals surface area (Å²) < 4.78 is 20.5. The Morgan fingerprint density at radius 1 is 1.16 bits per heavy atom. The SMILES string of the molecule is C[C@H](O)c1ccc(Oc2cc(Br)ccc2F)cc1Br. The van der Waals surface area contributed by atoms with Gasteiger partial charge in [-0.25, -0.2) is 4.39 Å². The minimum absolute atomic E-state index is 0.145. The van der Waals surface area contributed by atoms with Gasteiger partial charge >= 0.3 is 0 Å². The first-order chi connectivity index (χ1) is 8.97. The maximum atomic E-state index is 13.6. The third kappa shape index (κ3) is 3.55. The normalized spacial score (nSPS) is 12.3. The fourth-order valence-electron chi connectivity index (χ4n) is 1.59. The van der Waals surface area contributed by atoms with Gasteiger partial charge in [0.1, 0.15) is 5.75 Å². The smallest absolute Gasteiger partial charge is 0.165 e. The van der Waals surface area contributed by atoms with Gasteiger partial charge in [0.25, 0.3) is 0 Å². The second kappa shape index (κ2) is 6.03. The number of hydrogen-bond donors (Lipinski definition) is 1. The van der Waals surface area contributed by atoms with Crippen LogP contribution in [0.4, 0.5) is 4.39 Å². The summed E-state index contributed by atoms with van der Waals surface area (Å²) >= 11 is 6.62. The Labute approximate surface area is 127 Å². The van der Waals surface area contributed by atoms with Crippen molar-refractivity contribution in [3.05, 3.63) is 56.7 Å². The van der Waals surface area contributed by atoms with Gasteiger partial charge in [0.05, 0.1) is 6.10 Å². The molecule has 5 heteroatoms. The molecule has 0 unspecified atom stereocenters. The zero-order valence-electron chi connectivity index (χ0n) is 10.0. The molecule has 2 aromatic carbocycles. The van der Waals surface area contributed by atoms with Crippen LogP contribution in [0, 0.1) is 5.82 Å². The minimum Gasteiger partial charge on any atom is -0.454 e. The Hall–Kier alpha value is -0.910. The van der Waals surface area contributed by atoms with Crippen molar-refractivity contribution in [3.8, 4) is 11.5 Å². The van der Waals surface area contributed by atoms with E-state index < -0.39 is 11.9 Å². The van der Waals surface area contributed by atoms with E-state index in [0.717, 1.165) is 14.5 Å². The molecule has 0 aliphatic heterocycles. The molecule has 0 saturated carbocycles. The fraction of sp³-hybridized carbons (Fsp3) is 0.143. The molecule has 0 aliphatic rings. The Bertz CT molecular complexity index is 600. The minimum atomic E-state index is -0.578. The molecule has 2 aromatic rings. The largest absolute Gasteiger partial charge is 0.454 e. The average molecular weight is 390 g/mol. The van der Waals surface area contributed by atoms with Gasteiger partial charge in [-0.05, 0) is 42.8 Å². The van der Waals surface area contributed by atoms with Gasteiger partial charge in [-0.15, -0.1) is 0 Å². The molecule has 0 fully saturated rings. The highest BCUT2D eigenvalue weighted by atomic mass is 79.9. The maximum absolute atomic E-state index is 13.6. The number of aliphatic hydroxyl groups is 1. The molecule has 1 N–H and O–H groups in total. The van der Waals surface area contributed by atoms with Crippen molar-refractivity contribution in [2.75, 3.05) is 0 Å². The molecule has 2 rings (SSSR count). The van der Waals surface area contributed by atoms with Crippen LogP contribution in [0.15, 0.2) is 45.3 Å². The van der Waals surface area contributed by atoms with Crippen LogP contribution in [0.2, 0.25) is 0 Å². The highest BCUT2D eigenvalue weighted by Gasteiger charge is 2.10. The molecule has 2 nitrogen and oxygen atoms in total. The molecule has 100 valence electrons. The van der Waals surface area contributed by atoms with E-state index in [2.05, 4.69) is 31.9 Å². The van der Waals surface area contributed by atoms with Crippen molar-refractivity contribution in [1.82, 2.24) is 0 Å². The highest BCUT2D eigenvalue weighted by molar-refractivity contribution is 9.10. The van der Waals surface area contributed by atoms with E-state index in [1.54, 1.807) is 37.3 Å². The van der Waals surface area contributed by atoms with Crippen molar-refractivity contribution in [2.24, 2.45) is 0 Å². The molecule has 0 bridgehead atoms. The number of rotatable bonds is 3. The topological polar surface area (TPSA) is 29.5 Å².